The van der Waals surface area contributed by atoms with Crippen LogP contribution in [0.15, 0.2) is 0 Å². The Bertz CT molecular complexity index is 117. The van der Waals surface area contributed by atoms with Gasteiger partial charge in [-0.05, 0) is 51.9 Å². The molecule has 0 unspecified atom stereocenters. The van der Waals surface area contributed by atoms with Gasteiger partial charge in [-0.3, -0.25) is 0 Å². The maximum absolute atomic E-state index is 5.08. The van der Waals surface area contributed by atoms with Crippen molar-refractivity contribution in [3.8, 4) is 0 Å². The maximum atomic E-state index is 5.08. The predicted octanol–water partition coefficient (Wildman–Crippen LogP) is 0.954. The number of nitrogens with one attached hydrogen (secondary N) is 1. The lowest BCUT2D eigenvalue weighted by atomic mass is 9.93. The monoisotopic (exact) mass is 200 g/mol. The number of rotatable bonds is 6. The molecule has 1 rings (SSSR count). The van der Waals surface area contributed by atoms with Gasteiger partial charge in [-0.15, -0.1) is 0 Å². The summed E-state index contributed by atoms with van der Waals surface area (Å²) in [6, 6.07) is 0. The summed E-state index contributed by atoms with van der Waals surface area (Å²) >= 11 is 0. The highest BCUT2D eigenvalue weighted by atomic mass is 16.5. The molecular weight excluding hydrogens is 176 g/mol. The Labute approximate surface area is 87.8 Å². The summed E-state index contributed by atoms with van der Waals surface area (Å²) in [5, 5.41) is 3.23. The lowest BCUT2D eigenvalue weighted by Crippen LogP contribution is -2.36. The van der Waals surface area contributed by atoms with E-state index in [0.717, 1.165) is 19.1 Å². The van der Waals surface area contributed by atoms with Crippen LogP contribution in [0.5, 0.6) is 0 Å². The van der Waals surface area contributed by atoms with Gasteiger partial charge in [0.15, 0.2) is 0 Å². The van der Waals surface area contributed by atoms with Gasteiger partial charge in [-0.2, -0.15) is 0 Å². The van der Waals surface area contributed by atoms with Crippen molar-refractivity contribution in [2.75, 3.05) is 46.9 Å². The fourth-order valence-corrected chi connectivity index (χ4v) is 2.07. The third-order valence-electron chi connectivity index (χ3n) is 3.12. The molecule has 0 aromatic rings. The van der Waals surface area contributed by atoms with E-state index in [1.807, 2.05) is 7.05 Å². The normalized spacial score (nSPS) is 20.1. The minimum Gasteiger partial charge on any atom is -0.383 e. The zero-order valence-corrected chi connectivity index (χ0v) is 9.59. The number of likely N-dealkylation sites (tertiary alicyclic amines) is 1. The summed E-state index contributed by atoms with van der Waals surface area (Å²) in [4.78, 5) is 2.51. The van der Waals surface area contributed by atoms with Gasteiger partial charge in [0, 0.05) is 13.7 Å². The first-order chi connectivity index (χ1) is 6.86. The molecule has 1 aliphatic heterocycles. The quantitative estimate of drug-likeness (QED) is 0.691. The van der Waals surface area contributed by atoms with Gasteiger partial charge >= 0.3 is 0 Å². The standard InChI is InChI=1S/C11H24N2O/c1-12-6-3-11-4-7-13(8-5-11)9-10-14-2/h11-12H,3-10H2,1-2H3. The summed E-state index contributed by atoms with van der Waals surface area (Å²) in [6.45, 7) is 5.68. The first-order valence-corrected chi connectivity index (χ1v) is 5.72. The smallest absolute Gasteiger partial charge is 0.0589 e. The number of methoxy groups -OCH3 is 1. The van der Waals surface area contributed by atoms with Gasteiger partial charge in [0.25, 0.3) is 0 Å². The van der Waals surface area contributed by atoms with Crippen LogP contribution in [0.1, 0.15) is 19.3 Å². The van der Waals surface area contributed by atoms with Crippen molar-refractivity contribution in [1.29, 1.82) is 0 Å². The van der Waals surface area contributed by atoms with Crippen molar-refractivity contribution in [3.05, 3.63) is 0 Å². The molecule has 0 atom stereocenters. The Morgan fingerprint density at radius 1 is 1.36 bits per heavy atom. The van der Waals surface area contributed by atoms with Crippen molar-refractivity contribution in [2.45, 2.75) is 19.3 Å². The summed E-state index contributed by atoms with van der Waals surface area (Å²) in [5.74, 6) is 0.946. The third-order valence-corrected chi connectivity index (χ3v) is 3.12. The Balaban J connectivity index is 2.05. The number of hydrogen-bond acceptors (Lipinski definition) is 3. The molecule has 14 heavy (non-hydrogen) atoms. The number of ether oxygens (including phenoxy) is 1. The zero-order valence-electron chi connectivity index (χ0n) is 9.59. The minimum absolute atomic E-state index is 0.876. The van der Waals surface area contributed by atoms with Crippen LogP contribution in [0, 0.1) is 5.92 Å². The van der Waals surface area contributed by atoms with E-state index < -0.39 is 0 Å². The fourth-order valence-electron chi connectivity index (χ4n) is 2.07. The van der Waals surface area contributed by atoms with Gasteiger partial charge in [-0.1, -0.05) is 0 Å². The first-order valence-electron chi connectivity index (χ1n) is 5.72. The van der Waals surface area contributed by atoms with Crippen LogP contribution in [-0.2, 0) is 4.74 Å². The summed E-state index contributed by atoms with van der Waals surface area (Å²) < 4.78 is 5.08. The second-order valence-corrected chi connectivity index (χ2v) is 4.17. The van der Waals surface area contributed by atoms with Gasteiger partial charge in [0.05, 0.1) is 6.61 Å². The molecule has 0 saturated carbocycles. The Morgan fingerprint density at radius 2 is 2.07 bits per heavy atom. The molecule has 84 valence electrons. The molecule has 1 heterocycles. The molecule has 0 aromatic carbocycles. The molecule has 3 heteroatoms. The Morgan fingerprint density at radius 3 is 2.64 bits per heavy atom. The summed E-state index contributed by atoms with van der Waals surface area (Å²) in [7, 11) is 3.81. The molecular formula is C11H24N2O. The zero-order chi connectivity index (χ0) is 10.2. The molecule has 1 saturated heterocycles. The molecule has 3 nitrogen and oxygen atoms in total. The van der Waals surface area contributed by atoms with Crippen LogP contribution in [-0.4, -0.2) is 51.8 Å². The SMILES string of the molecule is CNCCC1CCN(CCOC)CC1. The van der Waals surface area contributed by atoms with Crippen LogP contribution in [0.4, 0.5) is 0 Å². The molecule has 0 aliphatic carbocycles. The van der Waals surface area contributed by atoms with Crippen molar-refractivity contribution >= 4 is 0 Å². The largest absolute Gasteiger partial charge is 0.383 e. The molecule has 0 radical (unpaired) electrons. The van der Waals surface area contributed by atoms with E-state index in [9.17, 15) is 0 Å². The van der Waals surface area contributed by atoms with Gasteiger partial charge in [0.1, 0.15) is 0 Å². The van der Waals surface area contributed by atoms with Crippen molar-refractivity contribution in [2.24, 2.45) is 5.92 Å². The molecule has 0 spiro atoms. The van der Waals surface area contributed by atoms with Gasteiger partial charge in [-0.25, -0.2) is 0 Å². The van der Waals surface area contributed by atoms with Gasteiger partial charge in [0.2, 0.25) is 0 Å². The van der Waals surface area contributed by atoms with E-state index in [0.29, 0.717) is 0 Å². The lowest BCUT2D eigenvalue weighted by molar-refractivity contribution is 0.118. The molecule has 1 N–H and O–H groups in total. The second kappa shape index (κ2) is 7.21. The predicted molar refractivity (Wildman–Crippen MR) is 59.6 cm³/mol. The molecule has 1 fully saturated rings. The highest BCUT2D eigenvalue weighted by Crippen LogP contribution is 2.19. The lowest BCUT2D eigenvalue weighted by Gasteiger charge is -2.31. The van der Waals surface area contributed by atoms with Crippen LogP contribution in [0.25, 0.3) is 0 Å². The first kappa shape index (κ1) is 12.0. The average Bonchev–Trinajstić information content (AvgIpc) is 2.25. The maximum Gasteiger partial charge on any atom is 0.0589 e. The van der Waals surface area contributed by atoms with Crippen LogP contribution in [0.3, 0.4) is 0 Å². The molecule has 0 bridgehead atoms. The molecule has 1 aliphatic rings. The highest BCUT2D eigenvalue weighted by Gasteiger charge is 2.17. The average molecular weight is 200 g/mol. The van der Waals surface area contributed by atoms with Crippen LogP contribution in [0.2, 0.25) is 0 Å². The highest BCUT2D eigenvalue weighted by molar-refractivity contribution is 4.72. The minimum atomic E-state index is 0.876. The van der Waals surface area contributed by atoms with Crippen molar-refractivity contribution in [1.82, 2.24) is 10.2 Å². The summed E-state index contributed by atoms with van der Waals surface area (Å²) in [5.41, 5.74) is 0. The van der Waals surface area contributed by atoms with E-state index in [1.54, 1.807) is 7.11 Å². The van der Waals surface area contributed by atoms with Crippen LogP contribution < -0.4 is 5.32 Å². The van der Waals surface area contributed by atoms with E-state index in [-0.39, 0.29) is 0 Å². The fraction of sp³-hybridized carbons (Fsp3) is 1.00. The molecule has 0 amide bonds. The summed E-state index contributed by atoms with van der Waals surface area (Å²) in [6.07, 6.45) is 4.07. The Hall–Kier alpha value is -0.120. The molecule has 0 aromatic heterocycles. The van der Waals surface area contributed by atoms with Crippen molar-refractivity contribution < 1.29 is 4.74 Å². The van der Waals surface area contributed by atoms with E-state index in [2.05, 4.69) is 10.2 Å². The Kier molecular flexibility index (Phi) is 6.15. The number of nitrogens with zero attached hydrogens (tertiary/aromatic N) is 1. The van der Waals surface area contributed by atoms with E-state index in [1.165, 1.54) is 38.9 Å². The van der Waals surface area contributed by atoms with Crippen molar-refractivity contribution in [3.63, 3.8) is 0 Å². The second-order valence-electron chi connectivity index (χ2n) is 4.17. The number of piperidine rings is 1. The van der Waals surface area contributed by atoms with Gasteiger partial charge < -0.3 is 15.0 Å². The number of hydrogen-bond donors (Lipinski definition) is 1. The topological polar surface area (TPSA) is 24.5 Å². The third kappa shape index (κ3) is 4.40. The van der Waals surface area contributed by atoms with E-state index >= 15 is 0 Å². The van der Waals surface area contributed by atoms with Crippen LogP contribution >= 0.6 is 0 Å². The van der Waals surface area contributed by atoms with E-state index in [4.69, 9.17) is 4.74 Å².